The average Bonchev–Trinajstić information content (AvgIpc) is 2.35. The summed E-state index contributed by atoms with van der Waals surface area (Å²) in [5, 5.41) is 3.05. The molecule has 0 aliphatic carbocycles. The van der Waals surface area contributed by atoms with Crippen molar-refractivity contribution in [1.82, 2.24) is 5.32 Å². The number of carbonyl (C=O) groups excluding carboxylic acids is 1. The molecule has 1 aromatic carbocycles. The van der Waals surface area contributed by atoms with Gasteiger partial charge in [-0.3, -0.25) is 10.1 Å². The van der Waals surface area contributed by atoms with Gasteiger partial charge in [0.1, 0.15) is 11.8 Å². The highest BCUT2D eigenvalue weighted by Crippen LogP contribution is 2.19. The van der Waals surface area contributed by atoms with E-state index < -0.39 is 11.9 Å². The van der Waals surface area contributed by atoms with Crippen LogP contribution in [-0.2, 0) is 9.53 Å². The molecule has 5 heteroatoms. The van der Waals surface area contributed by atoms with Gasteiger partial charge in [-0.1, -0.05) is 12.1 Å². The van der Waals surface area contributed by atoms with Crippen molar-refractivity contribution in [2.45, 2.75) is 13.0 Å². The van der Waals surface area contributed by atoms with Crippen LogP contribution >= 0.6 is 0 Å². The third-order valence-electron chi connectivity index (χ3n) is 2.44. The zero-order valence-electron chi connectivity index (χ0n) is 10.8. The van der Waals surface area contributed by atoms with Crippen molar-refractivity contribution in [3.05, 3.63) is 29.8 Å². The van der Waals surface area contributed by atoms with Crippen LogP contribution in [0.2, 0.25) is 0 Å². The fourth-order valence-corrected chi connectivity index (χ4v) is 1.64. The number of hydrogen-bond donors (Lipinski definition) is 2. The molecule has 1 atom stereocenters. The highest BCUT2D eigenvalue weighted by molar-refractivity contribution is 5.81. The van der Waals surface area contributed by atoms with Crippen molar-refractivity contribution >= 4 is 5.91 Å². The van der Waals surface area contributed by atoms with E-state index in [9.17, 15) is 4.79 Å². The normalized spacial score (nSPS) is 12.1. The second kappa shape index (κ2) is 7.68. The molecular formula is C13H20N2O3. The van der Waals surface area contributed by atoms with E-state index in [4.69, 9.17) is 15.2 Å². The molecule has 0 radical (unpaired) electrons. The molecule has 0 aliphatic rings. The second-order valence-corrected chi connectivity index (χ2v) is 3.79. The molecule has 18 heavy (non-hydrogen) atoms. The van der Waals surface area contributed by atoms with Crippen LogP contribution in [0.1, 0.15) is 18.5 Å². The van der Waals surface area contributed by atoms with Crippen molar-refractivity contribution in [2.24, 2.45) is 5.73 Å². The Hall–Kier alpha value is -1.59. The Morgan fingerprint density at radius 2 is 2.28 bits per heavy atom. The van der Waals surface area contributed by atoms with Gasteiger partial charge < -0.3 is 15.2 Å². The summed E-state index contributed by atoms with van der Waals surface area (Å²) >= 11 is 0. The number of methoxy groups -OCH3 is 1. The molecule has 0 bridgehead atoms. The van der Waals surface area contributed by atoms with E-state index in [0.717, 1.165) is 11.3 Å². The summed E-state index contributed by atoms with van der Waals surface area (Å²) in [6, 6.07) is 6.82. The third kappa shape index (κ3) is 4.35. The Kier molecular flexibility index (Phi) is 6.18. The van der Waals surface area contributed by atoms with Crippen molar-refractivity contribution in [3.63, 3.8) is 0 Å². The van der Waals surface area contributed by atoms with Crippen LogP contribution < -0.4 is 15.8 Å². The topological polar surface area (TPSA) is 73.6 Å². The van der Waals surface area contributed by atoms with Crippen molar-refractivity contribution in [2.75, 3.05) is 26.9 Å². The van der Waals surface area contributed by atoms with Gasteiger partial charge in [-0.15, -0.1) is 0 Å². The zero-order chi connectivity index (χ0) is 13.4. The number of amides is 1. The Morgan fingerprint density at radius 1 is 1.50 bits per heavy atom. The van der Waals surface area contributed by atoms with Gasteiger partial charge >= 0.3 is 0 Å². The molecule has 0 aliphatic heterocycles. The fraction of sp³-hybridized carbons (Fsp3) is 0.462. The second-order valence-electron chi connectivity index (χ2n) is 3.79. The zero-order valence-corrected chi connectivity index (χ0v) is 10.8. The van der Waals surface area contributed by atoms with Gasteiger partial charge in [-0.25, -0.2) is 0 Å². The lowest BCUT2D eigenvalue weighted by Crippen LogP contribution is -2.35. The minimum Gasteiger partial charge on any atom is -0.494 e. The summed E-state index contributed by atoms with van der Waals surface area (Å²) in [7, 11) is 1.61. The maximum absolute atomic E-state index is 11.4. The van der Waals surface area contributed by atoms with Crippen molar-refractivity contribution in [1.29, 1.82) is 0 Å². The monoisotopic (exact) mass is 252 g/mol. The smallest absolute Gasteiger partial charge is 0.239 e. The largest absolute Gasteiger partial charge is 0.494 e. The molecule has 5 nitrogen and oxygen atoms in total. The van der Waals surface area contributed by atoms with E-state index in [1.54, 1.807) is 7.11 Å². The molecule has 0 spiro atoms. The summed E-state index contributed by atoms with van der Waals surface area (Å²) in [5.41, 5.74) is 6.19. The molecular weight excluding hydrogens is 232 g/mol. The molecule has 1 rings (SSSR count). The summed E-state index contributed by atoms with van der Waals surface area (Å²) in [5.74, 6) is 0.314. The fourth-order valence-electron chi connectivity index (χ4n) is 1.64. The van der Waals surface area contributed by atoms with Gasteiger partial charge in [-0.05, 0) is 24.6 Å². The van der Waals surface area contributed by atoms with Crippen LogP contribution in [0.15, 0.2) is 24.3 Å². The number of hydrogen-bond acceptors (Lipinski definition) is 4. The first-order valence-corrected chi connectivity index (χ1v) is 5.93. The molecule has 3 N–H and O–H groups in total. The SMILES string of the molecule is CCOc1cccc(C(NCCOC)C(N)=O)c1. The van der Waals surface area contributed by atoms with Crippen LogP contribution in [0.4, 0.5) is 0 Å². The molecule has 1 unspecified atom stereocenters. The van der Waals surface area contributed by atoms with Gasteiger partial charge in [0.05, 0.1) is 13.2 Å². The maximum Gasteiger partial charge on any atom is 0.239 e. The maximum atomic E-state index is 11.4. The van der Waals surface area contributed by atoms with Gasteiger partial charge in [0.15, 0.2) is 0 Å². The molecule has 100 valence electrons. The number of benzene rings is 1. The van der Waals surface area contributed by atoms with Crippen molar-refractivity contribution in [3.8, 4) is 5.75 Å². The van der Waals surface area contributed by atoms with Crippen LogP contribution in [0.5, 0.6) is 5.75 Å². The lowest BCUT2D eigenvalue weighted by atomic mass is 10.1. The van der Waals surface area contributed by atoms with Gasteiger partial charge in [0, 0.05) is 13.7 Å². The number of rotatable bonds is 8. The first-order valence-electron chi connectivity index (χ1n) is 5.93. The number of nitrogens with two attached hydrogens (primary N) is 1. The van der Waals surface area contributed by atoms with Gasteiger partial charge in [0.25, 0.3) is 0 Å². The lowest BCUT2D eigenvalue weighted by molar-refractivity contribution is -0.120. The summed E-state index contributed by atoms with van der Waals surface area (Å²) in [6.07, 6.45) is 0. The number of ether oxygens (including phenoxy) is 2. The van der Waals surface area contributed by atoms with E-state index in [-0.39, 0.29) is 0 Å². The first kappa shape index (κ1) is 14.5. The Balaban J connectivity index is 2.77. The minimum atomic E-state index is -0.527. The first-order chi connectivity index (χ1) is 8.69. The molecule has 0 aromatic heterocycles. The van der Waals surface area contributed by atoms with Gasteiger partial charge in [0.2, 0.25) is 5.91 Å². The Labute approximate surface area is 107 Å². The minimum absolute atomic E-state index is 0.417. The Morgan fingerprint density at radius 3 is 2.89 bits per heavy atom. The standard InChI is InChI=1S/C13H20N2O3/c1-3-18-11-6-4-5-10(9-11)12(13(14)16)15-7-8-17-2/h4-6,9,12,15H,3,7-8H2,1-2H3,(H2,14,16). The Bertz CT molecular complexity index is 382. The van der Waals surface area contributed by atoms with Crippen molar-refractivity contribution < 1.29 is 14.3 Å². The van der Waals surface area contributed by atoms with Crippen LogP contribution in [0, 0.1) is 0 Å². The van der Waals surface area contributed by atoms with E-state index in [1.165, 1.54) is 0 Å². The molecule has 0 saturated heterocycles. The van der Waals surface area contributed by atoms with Crippen LogP contribution in [0.25, 0.3) is 0 Å². The summed E-state index contributed by atoms with van der Waals surface area (Å²) in [4.78, 5) is 11.4. The van der Waals surface area contributed by atoms with Crippen LogP contribution in [0.3, 0.4) is 0 Å². The lowest BCUT2D eigenvalue weighted by Gasteiger charge is -2.16. The third-order valence-corrected chi connectivity index (χ3v) is 2.44. The predicted octanol–water partition coefficient (Wildman–Crippen LogP) is 0.848. The molecule has 1 aromatic rings. The number of carbonyl (C=O) groups is 1. The highest BCUT2D eigenvalue weighted by atomic mass is 16.5. The van der Waals surface area contributed by atoms with E-state index >= 15 is 0 Å². The summed E-state index contributed by atoms with van der Waals surface area (Å²) < 4.78 is 10.3. The molecule has 1 amide bonds. The van der Waals surface area contributed by atoms with E-state index in [1.807, 2.05) is 31.2 Å². The number of nitrogens with one attached hydrogen (secondary N) is 1. The highest BCUT2D eigenvalue weighted by Gasteiger charge is 2.17. The van der Waals surface area contributed by atoms with E-state index in [2.05, 4.69) is 5.32 Å². The number of primary amides is 1. The summed E-state index contributed by atoms with van der Waals surface area (Å²) in [6.45, 7) is 3.58. The predicted molar refractivity (Wildman–Crippen MR) is 69.4 cm³/mol. The molecule has 0 heterocycles. The quantitative estimate of drug-likeness (QED) is 0.673. The van der Waals surface area contributed by atoms with Crippen LogP contribution in [-0.4, -0.2) is 32.8 Å². The average molecular weight is 252 g/mol. The molecule has 0 saturated carbocycles. The molecule has 0 fully saturated rings. The van der Waals surface area contributed by atoms with E-state index in [0.29, 0.717) is 19.8 Å². The van der Waals surface area contributed by atoms with Gasteiger partial charge in [-0.2, -0.15) is 0 Å².